The van der Waals surface area contributed by atoms with Gasteiger partial charge < -0.3 is 14.8 Å². The van der Waals surface area contributed by atoms with Crippen molar-refractivity contribution in [2.24, 2.45) is 5.92 Å². The fraction of sp³-hybridized carbons (Fsp3) is 0.200. The highest BCUT2D eigenvalue weighted by molar-refractivity contribution is 9.10. The van der Waals surface area contributed by atoms with Crippen LogP contribution in [0.4, 0.5) is 5.69 Å². The minimum Gasteiger partial charge on any atom is -0.492 e. The second-order valence-electron chi connectivity index (χ2n) is 7.56. The number of nitrogens with one attached hydrogen (secondary N) is 2. The zero-order valence-corrected chi connectivity index (χ0v) is 20.3. The third kappa shape index (κ3) is 7.35. The van der Waals surface area contributed by atoms with Gasteiger partial charge in [-0.25, -0.2) is 0 Å². The SMILES string of the molecule is CC(C)COc1ccc(C(=O)NC(=S)Nc2cccc(OCc3ccccc3)c2)cc1Br. The fourth-order valence-corrected chi connectivity index (χ4v) is 3.46. The number of ether oxygens (including phenoxy) is 2. The van der Waals surface area contributed by atoms with Gasteiger partial charge in [0.05, 0.1) is 11.1 Å². The van der Waals surface area contributed by atoms with E-state index in [0.717, 1.165) is 11.3 Å². The first-order valence-electron chi connectivity index (χ1n) is 10.2. The summed E-state index contributed by atoms with van der Waals surface area (Å²) in [4.78, 5) is 12.6. The largest absolute Gasteiger partial charge is 0.492 e. The van der Waals surface area contributed by atoms with Crippen LogP contribution in [0.25, 0.3) is 0 Å². The minimum atomic E-state index is -0.310. The van der Waals surface area contributed by atoms with Crippen molar-refractivity contribution < 1.29 is 14.3 Å². The third-order valence-corrected chi connectivity index (χ3v) is 5.16. The van der Waals surface area contributed by atoms with Crippen LogP contribution in [0.2, 0.25) is 0 Å². The smallest absolute Gasteiger partial charge is 0.257 e. The summed E-state index contributed by atoms with van der Waals surface area (Å²) in [7, 11) is 0. The maximum Gasteiger partial charge on any atom is 0.257 e. The lowest BCUT2D eigenvalue weighted by atomic mass is 10.2. The van der Waals surface area contributed by atoms with E-state index in [-0.39, 0.29) is 11.0 Å². The second kappa shape index (κ2) is 11.6. The number of rotatable bonds is 8. The van der Waals surface area contributed by atoms with E-state index in [1.54, 1.807) is 18.2 Å². The first kappa shape index (κ1) is 23.8. The summed E-state index contributed by atoms with van der Waals surface area (Å²) >= 11 is 8.76. The molecule has 3 aromatic carbocycles. The molecule has 0 atom stereocenters. The number of halogens is 1. The van der Waals surface area contributed by atoms with Crippen LogP contribution >= 0.6 is 28.1 Å². The Bertz CT molecular complexity index is 1070. The van der Waals surface area contributed by atoms with Gasteiger partial charge in [-0.3, -0.25) is 10.1 Å². The maximum absolute atomic E-state index is 12.6. The highest BCUT2D eigenvalue weighted by Gasteiger charge is 2.12. The van der Waals surface area contributed by atoms with E-state index in [2.05, 4.69) is 40.4 Å². The standard InChI is InChI=1S/C25H25BrN2O3S/c1-17(2)15-31-23-12-11-19(13-22(23)26)24(29)28-25(32)27-20-9-6-10-21(14-20)30-16-18-7-4-3-5-8-18/h3-14,17H,15-16H2,1-2H3,(H2,27,28,29,32). The van der Waals surface area contributed by atoms with Crippen molar-refractivity contribution in [3.63, 3.8) is 0 Å². The number of carbonyl (C=O) groups is 1. The number of anilines is 1. The van der Waals surface area contributed by atoms with E-state index in [0.29, 0.717) is 40.7 Å². The van der Waals surface area contributed by atoms with Gasteiger partial charge in [0.15, 0.2) is 5.11 Å². The molecule has 0 bridgehead atoms. The monoisotopic (exact) mass is 512 g/mol. The first-order chi connectivity index (χ1) is 15.4. The molecule has 32 heavy (non-hydrogen) atoms. The molecule has 0 radical (unpaired) electrons. The molecule has 0 unspecified atom stereocenters. The molecule has 1 amide bonds. The zero-order valence-electron chi connectivity index (χ0n) is 17.9. The van der Waals surface area contributed by atoms with Gasteiger partial charge in [-0.2, -0.15) is 0 Å². The van der Waals surface area contributed by atoms with Crippen LogP contribution in [-0.4, -0.2) is 17.6 Å². The maximum atomic E-state index is 12.6. The predicted molar refractivity (Wildman–Crippen MR) is 135 cm³/mol. The Kier molecular flexibility index (Phi) is 8.64. The zero-order chi connectivity index (χ0) is 22.9. The van der Waals surface area contributed by atoms with E-state index >= 15 is 0 Å². The van der Waals surface area contributed by atoms with E-state index in [1.807, 2.05) is 54.6 Å². The lowest BCUT2D eigenvalue weighted by Gasteiger charge is -2.13. The van der Waals surface area contributed by atoms with E-state index in [4.69, 9.17) is 21.7 Å². The van der Waals surface area contributed by atoms with Gasteiger partial charge in [0.1, 0.15) is 18.1 Å². The number of thiocarbonyl (C=S) groups is 1. The first-order valence-corrected chi connectivity index (χ1v) is 11.4. The molecule has 3 rings (SSSR count). The number of benzene rings is 3. The summed E-state index contributed by atoms with van der Waals surface area (Å²) in [5, 5.41) is 5.92. The summed E-state index contributed by atoms with van der Waals surface area (Å²) in [6.45, 7) is 5.23. The van der Waals surface area contributed by atoms with Gasteiger partial charge in [-0.05, 0) is 70.0 Å². The van der Waals surface area contributed by atoms with Crippen LogP contribution in [0.3, 0.4) is 0 Å². The predicted octanol–water partition coefficient (Wildman–Crippen LogP) is 6.19. The van der Waals surface area contributed by atoms with Gasteiger partial charge in [-0.1, -0.05) is 50.2 Å². The van der Waals surface area contributed by atoms with Crippen LogP contribution in [0.15, 0.2) is 77.3 Å². The molecule has 0 aromatic heterocycles. The molecule has 0 saturated carbocycles. The van der Waals surface area contributed by atoms with Crippen molar-refractivity contribution in [1.29, 1.82) is 0 Å². The highest BCUT2D eigenvalue weighted by Crippen LogP contribution is 2.26. The number of hydrogen-bond donors (Lipinski definition) is 2. The van der Waals surface area contributed by atoms with Gasteiger partial charge in [-0.15, -0.1) is 0 Å². The minimum absolute atomic E-state index is 0.200. The second-order valence-corrected chi connectivity index (χ2v) is 8.82. The summed E-state index contributed by atoms with van der Waals surface area (Å²) in [5.41, 5.74) is 2.28. The Morgan fingerprint density at radius 1 is 1.00 bits per heavy atom. The van der Waals surface area contributed by atoms with Crippen LogP contribution in [0, 0.1) is 5.92 Å². The Morgan fingerprint density at radius 3 is 2.50 bits per heavy atom. The Labute approximate surface area is 202 Å². The van der Waals surface area contributed by atoms with Gasteiger partial charge in [0.25, 0.3) is 5.91 Å². The Morgan fingerprint density at radius 2 is 1.78 bits per heavy atom. The molecule has 0 saturated heterocycles. The Balaban J connectivity index is 1.55. The number of amides is 1. The molecule has 3 aromatic rings. The average molecular weight is 513 g/mol. The van der Waals surface area contributed by atoms with Gasteiger partial charge in [0, 0.05) is 17.3 Å². The quantitative estimate of drug-likeness (QED) is 0.352. The van der Waals surface area contributed by atoms with Crippen molar-refractivity contribution in [2.45, 2.75) is 20.5 Å². The van der Waals surface area contributed by atoms with Crippen molar-refractivity contribution in [2.75, 3.05) is 11.9 Å². The van der Waals surface area contributed by atoms with E-state index in [1.165, 1.54) is 0 Å². The van der Waals surface area contributed by atoms with Crippen LogP contribution in [0.5, 0.6) is 11.5 Å². The molecule has 0 fully saturated rings. The molecule has 2 N–H and O–H groups in total. The number of hydrogen-bond acceptors (Lipinski definition) is 4. The molecule has 0 aliphatic carbocycles. The van der Waals surface area contributed by atoms with Crippen molar-refractivity contribution >= 4 is 44.9 Å². The lowest BCUT2D eigenvalue weighted by molar-refractivity contribution is 0.0977. The molecule has 0 aliphatic heterocycles. The number of carbonyl (C=O) groups excluding carboxylic acids is 1. The topological polar surface area (TPSA) is 59.6 Å². The van der Waals surface area contributed by atoms with Crippen LogP contribution in [0.1, 0.15) is 29.8 Å². The van der Waals surface area contributed by atoms with Crippen molar-refractivity contribution in [3.8, 4) is 11.5 Å². The molecule has 0 heterocycles. The molecule has 7 heteroatoms. The highest BCUT2D eigenvalue weighted by atomic mass is 79.9. The molecular formula is C25H25BrN2O3S. The molecule has 5 nitrogen and oxygen atoms in total. The van der Waals surface area contributed by atoms with E-state index in [9.17, 15) is 4.79 Å². The van der Waals surface area contributed by atoms with Gasteiger partial charge >= 0.3 is 0 Å². The summed E-state index contributed by atoms with van der Waals surface area (Å²) in [6.07, 6.45) is 0. The van der Waals surface area contributed by atoms with E-state index < -0.39 is 0 Å². The molecule has 0 aliphatic rings. The van der Waals surface area contributed by atoms with Gasteiger partial charge in [0.2, 0.25) is 0 Å². The summed E-state index contributed by atoms with van der Waals surface area (Å²) < 4.78 is 12.3. The van der Waals surface area contributed by atoms with Crippen LogP contribution < -0.4 is 20.1 Å². The third-order valence-electron chi connectivity index (χ3n) is 4.33. The van der Waals surface area contributed by atoms with Crippen molar-refractivity contribution in [3.05, 3.63) is 88.4 Å². The Hall–Kier alpha value is -2.90. The fourth-order valence-electron chi connectivity index (χ4n) is 2.76. The molecule has 0 spiro atoms. The van der Waals surface area contributed by atoms with Crippen LogP contribution in [-0.2, 0) is 6.61 Å². The molecule has 166 valence electrons. The normalized spacial score (nSPS) is 10.5. The van der Waals surface area contributed by atoms with Crippen molar-refractivity contribution in [1.82, 2.24) is 5.32 Å². The lowest BCUT2D eigenvalue weighted by Crippen LogP contribution is -2.34. The summed E-state index contributed by atoms with van der Waals surface area (Å²) in [5.74, 6) is 1.50. The average Bonchev–Trinajstić information content (AvgIpc) is 2.77. The summed E-state index contributed by atoms with van der Waals surface area (Å²) in [6, 6.07) is 22.5. The molecular weight excluding hydrogens is 488 g/mol.